The Bertz CT molecular complexity index is 563. The molecule has 0 saturated carbocycles. The molecule has 0 radical (unpaired) electrons. The number of rotatable bonds is 6. The molecule has 5 nitrogen and oxygen atoms in total. The van der Waals surface area contributed by atoms with Gasteiger partial charge in [-0.05, 0) is 42.3 Å². The summed E-state index contributed by atoms with van der Waals surface area (Å²) in [6.07, 6.45) is 0.0895. The second-order valence-corrected chi connectivity index (χ2v) is 9.26. The van der Waals surface area contributed by atoms with Crippen molar-refractivity contribution in [1.29, 1.82) is 0 Å². The first-order valence-corrected chi connectivity index (χ1v) is 8.71. The van der Waals surface area contributed by atoms with Crippen LogP contribution in [0, 0.1) is 0 Å². The van der Waals surface area contributed by atoms with E-state index in [9.17, 15) is 13.2 Å². The SMILES string of the molecule is CC(C)(CCC(=O)O)NS(=O)(=O)c1cc(Cl)c(Br)s1. The largest absolute Gasteiger partial charge is 0.481 e. The summed E-state index contributed by atoms with van der Waals surface area (Å²) in [4.78, 5) is 10.5. The number of carboxylic acid groups (broad SMARTS) is 1. The molecule has 0 aliphatic heterocycles. The first kappa shape index (κ1) is 16.9. The summed E-state index contributed by atoms with van der Waals surface area (Å²) in [5.74, 6) is -0.964. The maximum Gasteiger partial charge on any atom is 0.303 e. The zero-order chi connectivity index (χ0) is 14.8. The van der Waals surface area contributed by atoms with Crippen LogP contribution in [0.5, 0.6) is 0 Å². The lowest BCUT2D eigenvalue weighted by Crippen LogP contribution is -2.43. The van der Waals surface area contributed by atoms with Crippen LogP contribution in [-0.2, 0) is 14.8 Å². The third-order valence-electron chi connectivity index (χ3n) is 2.26. The van der Waals surface area contributed by atoms with E-state index in [4.69, 9.17) is 16.7 Å². The number of hydrogen-bond donors (Lipinski definition) is 2. The van der Waals surface area contributed by atoms with Crippen LogP contribution in [-0.4, -0.2) is 25.0 Å². The van der Waals surface area contributed by atoms with Gasteiger partial charge in [0.1, 0.15) is 4.21 Å². The van der Waals surface area contributed by atoms with E-state index in [1.54, 1.807) is 13.8 Å². The average molecular weight is 391 g/mol. The number of nitrogens with one attached hydrogen (secondary N) is 1. The number of aliphatic carboxylic acids is 1. The Morgan fingerprint density at radius 1 is 1.58 bits per heavy atom. The van der Waals surface area contributed by atoms with E-state index in [1.807, 2.05) is 0 Å². The Labute approximate surface area is 129 Å². The lowest BCUT2D eigenvalue weighted by Gasteiger charge is -2.24. The van der Waals surface area contributed by atoms with Crippen molar-refractivity contribution in [3.63, 3.8) is 0 Å². The predicted octanol–water partition coefficient (Wildman–Crippen LogP) is 3.09. The fourth-order valence-corrected chi connectivity index (χ4v) is 5.18. The molecule has 1 rings (SSSR count). The van der Waals surface area contributed by atoms with Crippen LogP contribution in [0.1, 0.15) is 26.7 Å². The van der Waals surface area contributed by atoms with Crippen molar-refractivity contribution in [3.8, 4) is 0 Å². The molecular weight excluding hydrogens is 378 g/mol. The predicted molar refractivity (Wildman–Crippen MR) is 78.3 cm³/mol. The summed E-state index contributed by atoms with van der Waals surface area (Å²) in [5.41, 5.74) is -0.847. The normalized spacial score (nSPS) is 12.6. The Hall–Kier alpha value is -0.150. The summed E-state index contributed by atoms with van der Waals surface area (Å²) in [7, 11) is -3.71. The molecule has 0 amide bonds. The molecule has 19 heavy (non-hydrogen) atoms. The van der Waals surface area contributed by atoms with Crippen molar-refractivity contribution < 1.29 is 18.3 Å². The van der Waals surface area contributed by atoms with Crippen molar-refractivity contribution in [2.24, 2.45) is 0 Å². The Morgan fingerprint density at radius 3 is 2.58 bits per heavy atom. The van der Waals surface area contributed by atoms with Gasteiger partial charge in [0.05, 0.1) is 8.81 Å². The first-order valence-electron chi connectivity index (χ1n) is 5.24. The van der Waals surface area contributed by atoms with Crippen LogP contribution >= 0.6 is 38.9 Å². The minimum absolute atomic E-state index is 0.0905. The second kappa shape index (κ2) is 6.09. The van der Waals surface area contributed by atoms with Gasteiger partial charge in [0.25, 0.3) is 10.0 Å². The highest BCUT2D eigenvalue weighted by atomic mass is 79.9. The van der Waals surface area contributed by atoms with Gasteiger partial charge < -0.3 is 5.11 Å². The Morgan fingerprint density at radius 2 is 2.16 bits per heavy atom. The summed E-state index contributed by atoms with van der Waals surface area (Å²) in [6.45, 7) is 3.27. The zero-order valence-corrected chi connectivity index (χ0v) is 14.2. The molecule has 0 bridgehead atoms. The minimum atomic E-state index is -3.71. The van der Waals surface area contributed by atoms with E-state index in [2.05, 4.69) is 20.7 Å². The number of carbonyl (C=O) groups is 1. The van der Waals surface area contributed by atoms with Crippen LogP contribution in [0.2, 0.25) is 5.02 Å². The Kier molecular flexibility index (Phi) is 5.42. The van der Waals surface area contributed by atoms with Gasteiger partial charge in [-0.15, -0.1) is 11.3 Å². The number of thiophene rings is 1. The summed E-state index contributed by atoms with van der Waals surface area (Å²) >= 11 is 9.96. The van der Waals surface area contributed by atoms with Crippen LogP contribution in [0.25, 0.3) is 0 Å². The van der Waals surface area contributed by atoms with Gasteiger partial charge in [-0.25, -0.2) is 13.1 Å². The molecule has 0 aliphatic rings. The molecule has 0 spiro atoms. The fourth-order valence-electron chi connectivity index (χ4n) is 1.34. The second-order valence-electron chi connectivity index (χ2n) is 4.57. The molecule has 2 N–H and O–H groups in total. The maximum absolute atomic E-state index is 12.1. The third kappa shape index (κ3) is 5.03. The van der Waals surface area contributed by atoms with Gasteiger partial charge in [-0.3, -0.25) is 4.79 Å². The van der Waals surface area contributed by atoms with E-state index >= 15 is 0 Å². The molecule has 0 aromatic carbocycles. The molecule has 0 aliphatic carbocycles. The number of carboxylic acids is 1. The molecule has 1 aromatic heterocycles. The highest BCUT2D eigenvalue weighted by Gasteiger charge is 2.28. The number of sulfonamides is 1. The van der Waals surface area contributed by atoms with E-state index in [0.717, 1.165) is 11.3 Å². The third-order valence-corrected chi connectivity index (χ3v) is 6.91. The van der Waals surface area contributed by atoms with Gasteiger partial charge in [0, 0.05) is 12.0 Å². The van der Waals surface area contributed by atoms with Crippen LogP contribution in [0.4, 0.5) is 0 Å². The molecule has 1 heterocycles. The molecule has 0 saturated heterocycles. The van der Waals surface area contributed by atoms with Crippen LogP contribution in [0.15, 0.2) is 14.1 Å². The highest BCUT2D eigenvalue weighted by Crippen LogP contribution is 2.35. The smallest absolute Gasteiger partial charge is 0.303 e. The molecule has 108 valence electrons. The highest BCUT2D eigenvalue weighted by molar-refractivity contribution is 9.11. The van der Waals surface area contributed by atoms with Crippen molar-refractivity contribution in [3.05, 3.63) is 14.9 Å². The topological polar surface area (TPSA) is 83.5 Å². The number of hydrogen-bond acceptors (Lipinski definition) is 4. The van der Waals surface area contributed by atoms with Crippen LogP contribution in [0.3, 0.4) is 0 Å². The minimum Gasteiger partial charge on any atom is -0.481 e. The van der Waals surface area contributed by atoms with Gasteiger partial charge in [-0.1, -0.05) is 11.6 Å². The Balaban J connectivity index is 2.87. The van der Waals surface area contributed by atoms with Crippen molar-refractivity contribution in [2.45, 2.75) is 36.4 Å². The van der Waals surface area contributed by atoms with Gasteiger partial charge in [0.15, 0.2) is 0 Å². The molecule has 1 aromatic rings. The van der Waals surface area contributed by atoms with Gasteiger partial charge in [0.2, 0.25) is 0 Å². The van der Waals surface area contributed by atoms with E-state index in [-0.39, 0.29) is 17.1 Å². The molecule has 0 fully saturated rings. The quantitative estimate of drug-likeness (QED) is 0.782. The van der Waals surface area contributed by atoms with Crippen molar-refractivity contribution in [2.75, 3.05) is 0 Å². The zero-order valence-electron chi connectivity index (χ0n) is 10.2. The maximum atomic E-state index is 12.1. The average Bonchev–Trinajstić information content (AvgIpc) is 2.56. The monoisotopic (exact) mass is 389 g/mol. The fraction of sp³-hybridized carbons (Fsp3) is 0.500. The summed E-state index contributed by atoms with van der Waals surface area (Å²) in [5, 5.41) is 8.96. The first-order chi connectivity index (χ1) is 8.53. The van der Waals surface area contributed by atoms with Crippen molar-refractivity contribution >= 4 is 54.9 Å². The summed E-state index contributed by atoms with van der Waals surface area (Å²) < 4.78 is 27.4. The lowest BCUT2D eigenvalue weighted by atomic mass is 10.0. The van der Waals surface area contributed by atoms with Gasteiger partial charge >= 0.3 is 5.97 Å². The van der Waals surface area contributed by atoms with Gasteiger partial charge in [-0.2, -0.15) is 0 Å². The number of halogens is 2. The van der Waals surface area contributed by atoms with E-state index in [0.29, 0.717) is 8.81 Å². The van der Waals surface area contributed by atoms with Crippen molar-refractivity contribution in [1.82, 2.24) is 4.72 Å². The van der Waals surface area contributed by atoms with E-state index < -0.39 is 21.5 Å². The molecular formula is C10H13BrClNO4S2. The standard InChI is InChI=1S/C10H13BrClNO4S2/c1-10(2,4-3-7(14)15)13-19(16,17)8-5-6(12)9(11)18-8/h5,13H,3-4H2,1-2H3,(H,14,15). The molecule has 9 heteroatoms. The van der Waals surface area contributed by atoms with E-state index in [1.165, 1.54) is 6.07 Å². The van der Waals surface area contributed by atoms with Crippen LogP contribution < -0.4 is 4.72 Å². The molecule has 0 atom stereocenters. The lowest BCUT2D eigenvalue weighted by molar-refractivity contribution is -0.137. The molecule has 0 unspecified atom stereocenters. The summed E-state index contributed by atoms with van der Waals surface area (Å²) in [6, 6.07) is 1.35.